The Morgan fingerprint density at radius 2 is 1.74 bits per heavy atom. The summed E-state index contributed by atoms with van der Waals surface area (Å²) in [6.45, 7) is 5.16. The van der Waals surface area contributed by atoms with E-state index in [1.807, 2.05) is 35.4 Å². The van der Waals surface area contributed by atoms with Crippen LogP contribution < -0.4 is 29.3 Å². The number of benzene rings is 3. The molecule has 0 unspecified atom stereocenters. The third kappa shape index (κ3) is 8.49. The number of amides is 1. The SMILES string of the molecule is O=C(NS(=O)(=O)c1ccc(NCC2CCOCC2)c([N+](=O)[O-])c1)c1ccc(N2CCC3(CC2)CC(N2CCC[C@H]2c2ccccc2OC2CCC2)C3)cc1N1c2cc3cc[nH]c3nc2O[C@@H]2COC[C@H]21. The highest BCUT2D eigenvalue weighted by atomic mass is 32.2. The van der Waals surface area contributed by atoms with Gasteiger partial charge in [0.15, 0.2) is 0 Å². The van der Waals surface area contributed by atoms with Crippen molar-refractivity contribution in [1.82, 2.24) is 19.6 Å². The molecule has 4 saturated heterocycles. The highest BCUT2D eigenvalue weighted by Gasteiger charge is 2.50. The number of piperidine rings is 1. The molecular weight excluding hydrogens is 913 g/mol. The van der Waals surface area contributed by atoms with Crippen molar-refractivity contribution < 1.29 is 37.1 Å². The Bertz CT molecular complexity index is 2910. The number of aromatic nitrogens is 2. The lowest BCUT2D eigenvalue weighted by Gasteiger charge is -2.56. The zero-order chi connectivity index (χ0) is 47.6. The zero-order valence-corrected chi connectivity index (χ0v) is 40.0. The fourth-order valence-electron chi connectivity index (χ4n) is 12.2. The number of para-hydroxylation sites is 1. The lowest BCUT2D eigenvalue weighted by Crippen LogP contribution is -2.55. The molecule has 2 aromatic heterocycles. The number of ether oxygens (including phenoxy) is 4. The number of H-pyrrole nitrogens is 1. The summed E-state index contributed by atoms with van der Waals surface area (Å²) in [5, 5.41) is 16.3. The van der Waals surface area contributed by atoms with Crippen molar-refractivity contribution in [3.63, 3.8) is 0 Å². The highest BCUT2D eigenvalue weighted by Crippen LogP contribution is 2.55. The summed E-state index contributed by atoms with van der Waals surface area (Å²) in [4.78, 5) is 41.0. The number of carbonyl (C=O) groups is 1. The van der Waals surface area contributed by atoms with Crippen LogP contribution in [0.3, 0.4) is 0 Å². The van der Waals surface area contributed by atoms with Crippen molar-refractivity contribution in [2.75, 3.05) is 67.7 Å². The number of hydrogen-bond donors (Lipinski definition) is 3. The number of carbonyl (C=O) groups excluding carboxylic acids is 1. The van der Waals surface area contributed by atoms with Crippen LogP contribution in [-0.2, 0) is 19.5 Å². The monoisotopic (exact) mass is 972 g/mol. The minimum atomic E-state index is -4.59. The number of rotatable bonds is 13. The van der Waals surface area contributed by atoms with Gasteiger partial charge < -0.3 is 39.0 Å². The second-order valence-electron chi connectivity index (χ2n) is 20.5. The highest BCUT2D eigenvalue weighted by molar-refractivity contribution is 7.90. The van der Waals surface area contributed by atoms with Crippen molar-refractivity contribution in [3.8, 4) is 11.6 Å². The fraction of sp³-hybridized carbons (Fsp3) is 0.500. The molecule has 0 radical (unpaired) electrons. The van der Waals surface area contributed by atoms with Crippen LogP contribution in [0.4, 0.5) is 28.4 Å². The van der Waals surface area contributed by atoms with E-state index in [0.29, 0.717) is 74.1 Å². The molecule has 0 bridgehead atoms. The molecular formula is C52H60N8O9S. The number of likely N-dealkylation sites (tertiary alicyclic amines) is 1. The van der Waals surface area contributed by atoms with Crippen molar-refractivity contribution in [2.45, 2.75) is 106 Å². The molecule has 1 spiro atoms. The van der Waals surface area contributed by atoms with Crippen LogP contribution in [0.25, 0.3) is 11.0 Å². The molecule has 3 atom stereocenters. The van der Waals surface area contributed by atoms with Crippen molar-refractivity contribution in [1.29, 1.82) is 0 Å². The normalized spacial score (nSPS) is 23.9. The lowest BCUT2D eigenvalue weighted by molar-refractivity contribution is -0.384. The number of anilines is 4. The van der Waals surface area contributed by atoms with Crippen molar-refractivity contribution in [2.24, 2.45) is 11.3 Å². The predicted octanol–water partition coefficient (Wildman–Crippen LogP) is 8.24. The minimum Gasteiger partial charge on any atom is -0.490 e. The van der Waals surface area contributed by atoms with Crippen LogP contribution in [0.5, 0.6) is 11.6 Å². The first kappa shape index (κ1) is 45.2. The maximum Gasteiger partial charge on any atom is 0.293 e. The van der Waals surface area contributed by atoms with E-state index in [9.17, 15) is 23.3 Å². The smallest absolute Gasteiger partial charge is 0.293 e. The first-order valence-electron chi connectivity index (χ1n) is 25.2. The van der Waals surface area contributed by atoms with E-state index in [-0.39, 0.29) is 28.6 Å². The number of nitro benzene ring substituents is 1. The summed E-state index contributed by atoms with van der Waals surface area (Å²) in [5.74, 6) is 0.832. The summed E-state index contributed by atoms with van der Waals surface area (Å²) < 4.78 is 54.8. The van der Waals surface area contributed by atoms with E-state index in [1.54, 1.807) is 6.07 Å². The number of nitrogens with zero attached hydrogens (tertiary/aromatic N) is 5. The maximum absolute atomic E-state index is 14.6. The van der Waals surface area contributed by atoms with E-state index in [0.717, 1.165) is 87.5 Å². The second-order valence-corrected chi connectivity index (χ2v) is 22.2. The van der Waals surface area contributed by atoms with Crippen LogP contribution in [0.15, 0.2) is 83.9 Å². The molecule has 70 heavy (non-hydrogen) atoms. The van der Waals surface area contributed by atoms with Gasteiger partial charge in [-0.15, -0.1) is 0 Å². The topological polar surface area (TPSA) is 194 Å². The molecule has 7 heterocycles. The quantitative estimate of drug-likeness (QED) is 0.0754. The molecule has 6 fully saturated rings. The average molecular weight is 973 g/mol. The summed E-state index contributed by atoms with van der Waals surface area (Å²) in [7, 11) is -4.59. The van der Waals surface area contributed by atoms with Gasteiger partial charge in [-0.3, -0.25) is 19.8 Å². The summed E-state index contributed by atoms with van der Waals surface area (Å²) in [5.41, 5.74) is 4.20. The Morgan fingerprint density at radius 1 is 0.914 bits per heavy atom. The van der Waals surface area contributed by atoms with E-state index >= 15 is 0 Å². The molecule has 368 valence electrons. The Balaban J connectivity index is 0.804. The van der Waals surface area contributed by atoms with Gasteiger partial charge in [-0.05, 0) is 137 Å². The fourth-order valence-corrected chi connectivity index (χ4v) is 13.1. The molecule has 1 amide bonds. The van der Waals surface area contributed by atoms with Gasteiger partial charge >= 0.3 is 0 Å². The summed E-state index contributed by atoms with van der Waals surface area (Å²) in [6.07, 6.45) is 13.7. The molecule has 5 aromatic rings. The molecule has 2 aliphatic carbocycles. The number of nitro groups is 1. The molecule has 17 nitrogen and oxygen atoms in total. The van der Waals surface area contributed by atoms with Crippen LogP contribution in [0, 0.1) is 21.4 Å². The lowest BCUT2D eigenvalue weighted by atomic mass is 9.60. The van der Waals surface area contributed by atoms with Gasteiger partial charge in [0, 0.05) is 73.8 Å². The van der Waals surface area contributed by atoms with Gasteiger partial charge in [-0.25, -0.2) is 13.1 Å². The van der Waals surface area contributed by atoms with Crippen LogP contribution in [-0.4, -0.2) is 111 Å². The Hall–Kier alpha value is -5.95. The van der Waals surface area contributed by atoms with Gasteiger partial charge in [0.25, 0.3) is 21.6 Å². The molecule has 3 aromatic carbocycles. The molecule has 3 N–H and O–H groups in total. The number of sulfonamides is 1. The van der Waals surface area contributed by atoms with E-state index in [1.165, 1.54) is 43.4 Å². The first-order chi connectivity index (χ1) is 34.1. The summed E-state index contributed by atoms with van der Waals surface area (Å²) >= 11 is 0. The number of aromatic amines is 1. The first-order valence-corrected chi connectivity index (χ1v) is 26.7. The number of pyridine rings is 1. The third-order valence-corrected chi connectivity index (χ3v) is 17.7. The Kier molecular flexibility index (Phi) is 11.8. The molecule has 2 saturated carbocycles. The summed E-state index contributed by atoms with van der Waals surface area (Å²) in [6, 6.07) is 22.4. The second kappa shape index (κ2) is 18.3. The molecule has 18 heteroatoms. The van der Waals surface area contributed by atoms with Crippen molar-refractivity contribution >= 4 is 55.4 Å². The van der Waals surface area contributed by atoms with Crippen LogP contribution >= 0.6 is 0 Å². The number of fused-ring (bicyclic) bond motifs is 3. The standard InChI is InChI=1S/C52H60N8O9S/c61-50(56-70(64,65)38-11-13-41(44(27-38)60(62)63)54-30-33-15-23-66-24-16-33)40-12-10-35(26-43(40)59-45-25-34-14-19-53-49(34)55-51(45)69-48-32-67-31-46(48)59)57-21-17-52(18-22-57)28-36(29-52)58-20-4-8-42(58)39-7-1-2-9-47(39)68-37-5-3-6-37/h1-2,7,9-14,19,25-27,33,36-37,42,46,48,54H,3-6,8,15-18,20-24,28-32H2,(H,53,55)(H,56,61)/t42-,46+,48+/m0/s1. The van der Waals surface area contributed by atoms with Crippen LogP contribution in [0.2, 0.25) is 0 Å². The Labute approximate surface area is 407 Å². The maximum atomic E-state index is 14.6. The van der Waals surface area contributed by atoms with Crippen molar-refractivity contribution in [3.05, 3.63) is 100 Å². The average Bonchev–Trinajstić information content (AvgIpc) is 4.14. The van der Waals surface area contributed by atoms with Gasteiger partial charge in [0.05, 0.1) is 46.4 Å². The van der Waals surface area contributed by atoms with E-state index < -0.39 is 37.5 Å². The van der Waals surface area contributed by atoms with Gasteiger partial charge in [0.2, 0.25) is 5.88 Å². The predicted molar refractivity (Wildman–Crippen MR) is 264 cm³/mol. The molecule has 5 aliphatic heterocycles. The van der Waals surface area contributed by atoms with Gasteiger partial charge in [0.1, 0.15) is 28.9 Å². The van der Waals surface area contributed by atoms with E-state index in [2.05, 4.69) is 49.1 Å². The Morgan fingerprint density at radius 3 is 2.54 bits per heavy atom. The number of hydrogen-bond acceptors (Lipinski definition) is 14. The molecule has 7 aliphatic rings. The van der Waals surface area contributed by atoms with Gasteiger partial charge in [-0.1, -0.05) is 18.2 Å². The van der Waals surface area contributed by atoms with Gasteiger partial charge in [-0.2, -0.15) is 4.98 Å². The largest absolute Gasteiger partial charge is 0.490 e. The zero-order valence-electron chi connectivity index (χ0n) is 39.2. The third-order valence-electron chi connectivity index (χ3n) is 16.4. The number of nitrogens with one attached hydrogen (secondary N) is 3. The minimum absolute atomic E-state index is 0.111. The van der Waals surface area contributed by atoms with Crippen LogP contribution in [0.1, 0.15) is 92.6 Å². The van der Waals surface area contributed by atoms with E-state index in [4.69, 9.17) is 23.9 Å². The molecule has 12 rings (SSSR count).